The second-order valence-corrected chi connectivity index (χ2v) is 5.82. The summed E-state index contributed by atoms with van der Waals surface area (Å²) in [4.78, 5) is 1.25. The Morgan fingerprint density at radius 2 is 2.18 bits per heavy atom. The third kappa shape index (κ3) is 2.73. The third-order valence-corrected chi connectivity index (χ3v) is 4.86. The summed E-state index contributed by atoms with van der Waals surface area (Å²) in [5.41, 5.74) is 1.29. The van der Waals surface area contributed by atoms with Crippen LogP contribution in [0.1, 0.15) is 36.9 Å². The number of thiophene rings is 1. The summed E-state index contributed by atoms with van der Waals surface area (Å²) in [6.45, 7) is 7.37. The van der Waals surface area contributed by atoms with Gasteiger partial charge in [-0.25, -0.2) is 0 Å². The van der Waals surface area contributed by atoms with Gasteiger partial charge in [0.1, 0.15) is 5.01 Å². The van der Waals surface area contributed by atoms with Gasteiger partial charge in [0.15, 0.2) is 5.01 Å². The molecule has 0 bridgehead atoms. The molecule has 1 atom stereocenters. The van der Waals surface area contributed by atoms with Crippen LogP contribution in [0.3, 0.4) is 0 Å². The first kappa shape index (κ1) is 12.7. The third-order valence-electron chi connectivity index (χ3n) is 2.65. The second kappa shape index (κ2) is 5.71. The van der Waals surface area contributed by atoms with Gasteiger partial charge in [0, 0.05) is 0 Å². The summed E-state index contributed by atoms with van der Waals surface area (Å²) >= 11 is 3.44. The van der Waals surface area contributed by atoms with Crippen molar-refractivity contribution >= 4 is 22.7 Å². The highest BCUT2D eigenvalue weighted by atomic mass is 32.1. The van der Waals surface area contributed by atoms with Gasteiger partial charge in [-0.2, -0.15) is 0 Å². The number of aryl methyl sites for hydroxylation is 1. The van der Waals surface area contributed by atoms with E-state index < -0.39 is 0 Å². The maximum Gasteiger partial charge on any atom is 0.158 e. The molecule has 2 aromatic rings. The number of aromatic nitrogens is 2. The average Bonchev–Trinajstić information content (AvgIpc) is 2.94. The van der Waals surface area contributed by atoms with Crippen molar-refractivity contribution in [2.75, 3.05) is 6.54 Å². The molecule has 0 aliphatic carbocycles. The van der Waals surface area contributed by atoms with Crippen molar-refractivity contribution in [1.82, 2.24) is 15.5 Å². The molecular weight excluding hydrogens is 250 g/mol. The first-order valence-corrected chi connectivity index (χ1v) is 7.57. The Kier molecular flexibility index (Phi) is 4.25. The van der Waals surface area contributed by atoms with E-state index in [1.807, 2.05) is 0 Å². The fourth-order valence-electron chi connectivity index (χ4n) is 1.71. The van der Waals surface area contributed by atoms with E-state index in [-0.39, 0.29) is 0 Å². The van der Waals surface area contributed by atoms with Crippen LogP contribution in [0.4, 0.5) is 0 Å². The summed E-state index contributed by atoms with van der Waals surface area (Å²) < 4.78 is 0. The van der Waals surface area contributed by atoms with E-state index in [0.717, 1.165) is 23.0 Å². The smallest absolute Gasteiger partial charge is 0.158 e. The second-order valence-electron chi connectivity index (χ2n) is 3.90. The average molecular weight is 267 g/mol. The Labute approximate surface area is 110 Å². The summed E-state index contributed by atoms with van der Waals surface area (Å²) in [6, 6.07) is 2.47. The van der Waals surface area contributed by atoms with E-state index in [9.17, 15) is 0 Å². The van der Waals surface area contributed by atoms with E-state index in [0.29, 0.717) is 6.04 Å². The van der Waals surface area contributed by atoms with Crippen molar-refractivity contribution < 1.29 is 0 Å². The largest absolute Gasteiger partial charge is 0.308 e. The summed E-state index contributed by atoms with van der Waals surface area (Å²) in [7, 11) is 0. The molecule has 0 spiro atoms. The van der Waals surface area contributed by atoms with E-state index in [2.05, 4.69) is 47.7 Å². The Balaban J connectivity index is 2.24. The van der Waals surface area contributed by atoms with Gasteiger partial charge in [0.25, 0.3) is 0 Å². The molecule has 1 N–H and O–H groups in total. The Morgan fingerprint density at radius 3 is 2.76 bits per heavy atom. The number of nitrogens with one attached hydrogen (secondary N) is 1. The fraction of sp³-hybridized carbons (Fsp3) is 0.500. The molecule has 0 amide bonds. The number of hydrogen-bond donors (Lipinski definition) is 1. The first-order valence-electron chi connectivity index (χ1n) is 5.87. The lowest BCUT2D eigenvalue weighted by atomic mass is 10.2. The Bertz CT molecular complexity index is 476. The van der Waals surface area contributed by atoms with Crippen LogP contribution < -0.4 is 5.32 Å². The zero-order valence-corrected chi connectivity index (χ0v) is 12.0. The van der Waals surface area contributed by atoms with Crippen molar-refractivity contribution in [2.45, 2.75) is 33.2 Å². The highest BCUT2D eigenvalue weighted by Gasteiger charge is 2.16. The SMILES string of the molecule is CCNC(CC)c1nnc(-c2sccc2C)s1. The Morgan fingerprint density at radius 1 is 1.35 bits per heavy atom. The van der Waals surface area contributed by atoms with Gasteiger partial charge in [-0.1, -0.05) is 25.2 Å². The predicted octanol–water partition coefficient (Wildman–Crippen LogP) is 3.64. The number of hydrogen-bond acceptors (Lipinski definition) is 5. The predicted molar refractivity (Wildman–Crippen MR) is 74.7 cm³/mol. The minimum absolute atomic E-state index is 0.339. The normalized spacial score (nSPS) is 12.9. The zero-order chi connectivity index (χ0) is 12.3. The molecule has 0 aliphatic rings. The number of nitrogens with zero attached hydrogens (tertiary/aromatic N) is 2. The van der Waals surface area contributed by atoms with E-state index >= 15 is 0 Å². The minimum Gasteiger partial charge on any atom is -0.308 e. The maximum atomic E-state index is 4.32. The highest BCUT2D eigenvalue weighted by molar-refractivity contribution is 7.20. The van der Waals surface area contributed by atoms with Crippen LogP contribution in [0.25, 0.3) is 9.88 Å². The van der Waals surface area contributed by atoms with Crippen LogP contribution in [-0.4, -0.2) is 16.7 Å². The fourth-order valence-corrected chi connectivity index (χ4v) is 3.79. The zero-order valence-electron chi connectivity index (χ0n) is 10.4. The van der Waals surface area contributed by atoms with Gasteiger partial charge < -0.3 is 5.32 Å². The van der Waals surface area contributed by atoms with E-state index in [1.165, 1.54) is 10.4 Å². The van der Waals surface area contributed by atoms with Gasteiger partial charge >= 0.3 is 0 Å². The molecule has 0 aromatic carbocycles. The topological polar surface area (TPSA) is 37.8 Å². The van der Waals surface area contributed by atoms with Crippen LogP contribution in [0.5, 0.6) is 0 Å². The summed E-state index contributed by atoms with van der Waals surface area (Å²) in [5.74, 6) is 0. The monoisotopic (exact) mass is 267 g/mol. The molecule has 2 heterocycles. The van der Waals surface area contributed by atoms with Gasteiger partial charge in [0.2, 0.25) is 0 Å². The lowest BCUT2D eigenvalue weighted by molar-refractivity contribution is 0.531. The molecule has 2 rings (SSSR count). The molecule has 0 saturated heterocycles. The summed E-state index contributed by atoms with van der Waals surface area (Å²) in [5, 5.41) is 16.3. The quantitative estimate of drug-likeness (QED) is 0.899. The van der Waals surface area contributed by atoms with Crippen molar-refractivity contribution in [3.05, 3.63) is 22.0 Å². The molecule has 0 radical (unpaired) electrons. The van der Waals surface area contributed by atoms with Crippen LogP contribution in [0, 0.1) is 6.92 Å². The molecular formula is C12H17N3S2. The standard InChI is InChI=1S/C12H17N3S2/c1-4-9(13-5-2)11-14-15-12(17-11)10-8(3)6-7-16-10/h6-7,9,13H,4-5H2,1-3H3. The molecule has 1 unspecified atom stereocenters. The molecule has 2 aromatic heterocycles. The van der Waals surface area contributed by atoms with Crippen LogP contribution >= 0.6 is 22.7 Å². The molecule has 5 heteroatoms. The molecule has 0 aliphatic heterocycles. The number of rotatable bonds is 5. The van der Waals surface area contributed by atoms with Crippen LogP contribution in [0.15, 0.2) is 11.4 Å². The van der Waals surface area contributed by atoms with Crippen molar-refractivity contribution in [3.8, 4) is 9.88 Å². The summed E-state index contributed by atoms with van der Waals surface area (Å²) in [6.07, 6.45) is 1.05. The highest BCUT2D eigenvalue weighted by Crippen LogP contribution is 2.33. The van der Waals surface area contributed by atoms with Crippen molar-refractivity contribution in [3.63, 3.8) is 0 Å². The minimum atomic E-state index is 0.339. The van der Waals surface area contributed by atoms with Gasteiger partial charge in [0.05, 0.1) is 10.9 Å². The lowest BCUT2D eigenvalue weighted by Crippen LogP contribution is -2.19. The molecule has 3 nitrogen and oxygen atoms in total. The first-order chi connectivity index (χ1) is 8.26. The van der Waals surface area contributed by atoms with Crippen molar-refractivity contribution in [2.24, 2.45) is 0 Å². The van der Waals surface area contributed by atoms with Crippen molar-refractivity contribution in [1.29, 1.82) is 0 Å². The van der Waals surface area contributed by atoms with Gasteiger partial charge in [-0.05, 0) is 36.9 Å². The Hall–Kier alpha value is -0.780. The molecule has 92 valence electrons. The molecule has 0 fully saturated rings. The lowest BCUT2D eigenvalue weighted by Gasteiger charge is -2.10. The van der Waals surface area contributed by atoms with Crippen LogP contribution in [-0.2, 0) is 0 Å². The molecule has 17 heavy (non-hydrogen) atoms. The molecule has 0 saturated carbocycles. The van der Waals surface area contributed by atoms with E-state index in [4.69, 9.17) is 0 Å². The van der Waals surface area contributed by atoms with Gasteiger partial charge in [-0.3, -0.25) is 0 Å². The van der Waals surface area contributed by atoms with Crippen LogP contribution in [0.2, 0.25) is 0 Å². The van der Waals surface area contributed by atoms with E-state index in [1.54, 1.807) is 22.7 Å². The maximum absolute atomic E-state index is 4.32. The van der Waals surface area contributed by atoms with Gasteiger partial charge in [-0.15, -0.1) is 21.5 Å².